The van der Waals surface area contributed by atoms with Crippen molar-refractivity contribution in [3.63, 3.8) is 0 Å². The number of hydrogen-bond donors (Lipinski definition) is 2. The standard InChI is InChI=1S/C15H24N2O2/c1-11-7-6-8-12(9-11)15(5,16)10-17-13(18)19-14(2,3)4/h6-9H,10,16H2,1-5H3,(H,17,18). The summed E-state index contributed by atoms with van der Waals surface area (Å²) in [4.78, 5) is 11.6. The largest absolute Gasteiger partial charge is 0.444 e. The summed E-state index contributed by atoms with van der Waals surface area (Å²) in [6.45, 7) is 9.71. The van der Waals surface area contributed by atoms with Crippen LogP contribution in [0.1, 0.15) is 38.8 Å². The summed E-state index contributed by atoms with van der Waals surface area (Å²) in [5.41, 5.74) is 7.26. The molecule has 1 aromatic rings. The Hall–Kier alpha value is -1.55. The van der Waals surface area contributed by atoms with Crippen LogP contribution >= 0.6 is 0 Å². The lowest BCUT2D eigenvalue weighted by Gasteiger charge is -2.27. The maximum absolute atomic E-state index is 11.6. The summed E-state index contributed by atoms with van der Waals surface area (Å²) in [6.07, 6.45) is -0.447. The second kappa shape index (κ2) is 5.61. The fourth-order valence-corrected chi connectivity index (χ4v) is 1.67. The van der Waals surface area contributed by atoms with Crippen LogP contribution in [-0.4, -0.2) is 18.2 Å². The monoisotopic (exact) mass is 264 g/mol. The lowest BCUT2D eigenvalue weighted by atomic mass is 9.92. The minimum Gasteiger partial charge on any atom is -0.444 e. The van der Waals surface area contributed by atoms with E-state index < -0.39 is 17.2 Å². The number of nitrogens with one attached hydrogen (secondary N) is 1. The molecule has 3 N–H and O–H groups in total. The third kappa shape index (κ3) is 5.30. The smallest absolute Gasteiger partial charge is 0.407 e. The Morgan fingerprint density at radius 3 is 2.47 bits per heavy atom. The Kier molecular flexibility index (Phi) is 4.58. The van der Waals surface area contributed by atoms with E-state index in [4.69, 9.17) is 10.5 Å². The Balaban J connectivity index is 2.63. The molecule has 1 unspecified atom stereocenters. The summed E-state index contributed by atoms with van der Waals surface area (Å²) in [7, 11) is 0. The quantitative estimate of drug-likeness (QED) is 0.882. The van der Waals surface area contributed by atoms with E-state index >= 15 is 0 Å². The van der Waals surface area contributed by atoms with Gasteiger partial charge in [-0.05, 0) is 40.2 Å². The van der Waals surface area contributed by atoms with Crippen molar-refractivity contribution in [3.8, 4) is 0 Å². The number of carbonyl (C=O) groups excluding carboxylic acids is 1. The molecular formula is C15H24N2O2. The molecule has 0 radical (unpaired) electrons. The minimum atomic E-state index is -0.622. The Bertz CT molecular complexity index is 448. The van der Waals surface area contributed by atoms with E-state index in [-0.39, 0.29) is 0 Å². The molecule has 1 atom stereocenters. The van der Waals surface area contributed by atoms with E-state index in [0.717, 1.165) is 11.1 Å². The highest BCUT2D eigenvalue weighted by molar-refractivity contribution is 5.67. The van der Waals surface area contributed by atoms with E-state index in [0.29, 0.717) is 6.54 Å². The van der Waals surface area contributed by atoms with Crippen molar-refractivity contribution in [1.29, 1.82) is 0 Å². The number of alkyl carbamates (subject to hydrolysis) is 1. The molecule has 0 saturated carbocycles. The van der Waals surface area contributed by atoms with Crippen molar-refractivity contribution in [2.24, 2.45) is 5.73 Å². The highest BCUT2D eigenvalue weighted by Crippen LogP contribution is 2.18. The minimum absolute atomic E-state index is 0.325. The van der Waals surface area contributed by atoms with Gasteiger partial charge in [0.2, 0.25) is 0 Å². The van der Waals surface area contributed by atoms with E-state index in [1.807, 2.05) is 58.9 Å². The van der Waals surface area contributed by atoms with Crippen molar-refractivity contribution in [2.45, 2.75) is 45.8 Å². The van der Waals surface area contributed by atoms with E-state index in [2.05, 4.69) is 5.32 Å². The topological polar surface area (TPSA) is 64.3 Å². The molecule has 4 heteroatoms. The third-order valence-electron chi connectivity index (χ3n) is 2.68. The van der Waals surface area contributed by atoms with Gasteiger partial charge in [0.15, 0.2) is 0 Å². The molecule has 1 rings (SSSR count). The molecule has 0 bridgehead atoms. The molecule has 0 fully saturated rings. The zero-order valence-electron chi connectivity index (χ0n) is 12.4. The van der Waals surface area contributed by atoms with Crippen LogP contribution in [0.25, 0.3) is 0 Å². The predicted molar refractivity (Wildman–Crippen MR) is 77.0 cm³/mol. The normalized spacial score (nSPS) is 14.6. The molecule has 1 aromatic carbocycles. The van der Waals surface area contributed by atoms with Crippen molar-refractivity contribution in [1.82, 2.24) is 5.32 Å². The van der Waals surface area contributed by atoms with Crippen LogP contribution in [0.2, 0.25) is 0 Å². The SMILES string of the molecule is Cc1cccc(C(C)(N)CNC(=O)OC(C)(C)C)c1. The molecule has 0 heterocycles. The molecule has 0 saturated heterocycles. The van der Waals surface area contributed by atoms with Gasteiger partial charge in [-0.25, -0.2) is 4.79 Å². The van der Waals surface area contributed by atoms with Crippen molar-refractivity contribution < 1.29 is 9.53 Å². The first-order chi connectivity index (χ1) is 8.60. The molecular weight excluding hydrogens is 240 g/mol. The fraction of sp³-hybridized carbons (Fsp3) is 0.533. The van der Waals surface area contributed by atoms with Gasteiger partial charge in [0.1, 0.15) is 5.60 Å². The Morgan fingerprint density at radius 1 is 1.32 bits per heavy atom. The second-order valence-corrected chi connectivity index (χ2v) is 6.14. The average Bonchev–Trinajstić information content (AvgIpc) is 2.24. The lowest BCUT2D eigenvalue weighted by Crippen LogP contribution is -2.46. The van der Waals surface area contributed by atoms with Crippen LogP contribution in [0.15, 0.2) is 24.3 Å². The van der Waals surface area contributed by atoms with E-state index in [1.54, 1.807) is 0 Å². The molecule has 4 nitrogen and oxygen atoms in total. The van der Waals surface area contributed by atoms with Gasteiger partial charge in [-0.15, -0.1) is 0 Å². The highest BCUT2D eigenvalue weighted by Gasteiger charge is 2.23. The number of ether oxygens (including phenoxy) is 1. The number of rotatable bonds is 3. The maximum Gasteiger partial charge on any atom is 0.407 e. The first-order valence-electron chi connectivity index (χ1n) is 6.43. The zero-order valence-corrected chi connectivity index (χ0v) is 12.4. The molecule has 0 aliphatic rings. The highest BCUT2D eigenvalue weighted by atomic mass is 16.6. The molecule has 1 amide bonds. The summed E-state index contributed by atoms with van der Waals surface area (Å²) in [5.74, 6) is 0. The van der Waals surface area contributed by atoms with Crippen molar-refractivity contribution >= 4 is 6.09 Å². The Labute approximate surface area is 115 Å². The molecule has 0 aliphatic heterocycles. The van der Waals surface area contributed by atoms with E-state index in [9.17, 15) is 4.79 Å². The third-order valence-corrected chi connectivity index (χ3v) is 2.68. The molecule has 106 valence electrons. The van der Waals surface area contributed by atoms with Gasteiger partial charge in [0.05, 0.1) is 5.54 Å². The summed E-state index contributed by atoms with van der Waals surface area (Å²) in [5, 5.41) is 2.71. The van der Waals surface area contributed by atoms with Crippen molar-refractivity contribution in [2.75, 3.05) is 6.54 Å². The van der Waals surface area contributed by atoms with Crippen molar-refractivity contribution in [3.05, 3.63) is 35.4 Å². The lowest BCUT2D eigenvalue weighted by molar-refractivity contribution is 0.0516. The summed E-state index contributed by atoms with van der Waals surface area (Å²) < 4.78 is 5.19. The average molecular weight is 264 g/mol. The predicted octanol–water partition coefficient (Wildman–Crippen LogP) is 2.69. The first kappa shape index (κ1) is 15.5. The zero-order chi connectivity index (χ0) is 14.7. The van der Waals surface area contributed by atoms with Gasteiger partial charge in [-0.2, -0.15) is 0 Å². The summed E-state index contributed by atoms with van der Waals surface area (Å²) in [6, 6.07) is 7.96. The maximum atomic E-state index is 11.6. The van der Waals surface area contributed by atoms with Gasteiger partial charge >= 0.3 is 6.09 Å². The molecule has 0 spiro atoms. The number of amides is 1. The molecule has 0 aromatic heterocycles. The number of carbonyl (C=O) groups is 1. The fourth-order valence-electron chi connectivity index (χ4n) is 1.67. The van der Waals surface area contributed by atoms with Gasteiger partial charge in [0, 0.05) is 6.54 Å². The number of hydrogen-bond acceptors (Lipinski definition) is 3. The molecule has 19 heavy (non-hydrogen) atoms. The van der Waals surface area contributed by atoms with Gasteiger partial charge in [0.25, 0.3) is 0 Å². The van der Waals surface area contributed by atoms with Crippen LogP contribution < -0.4 is 11.1 Å². The Morgan fingerprint density at radius 2 is 1.95 bits per heavy atom. The molecule has 0 aliphatic carbocycles. The van der Waals surface area contributed by atoms with Crippen LogP contribution in [0.5, 0.6) is 0 Å². The second-order valence-electron chi connectivity index (χ2n) is 6.14. The van der Waals surface area contributed by atoms with Crippen LogP contribution in [-0.2, 0) is 10.3 Å². The van der Waals surface area contributed by atoms with Crippen LogP contribution in [0, 0.1) is 6.92 Å². The van der Waals surface area contributed by atoms with Crippen LogP contribution in [0.3, 0.4) is 0 Å². The number of aryl methyl sites for hydroxylation is 1. The number of nitrogens with two attached hydrogens (primary N) is 1. The van der Waals surface area contributed by atoms with Gasteiger partial charge < -0.3 is 15.8 Å². The van der Waals surface area contributed by atoms with E-state index in [1.165, 1.54) is 0 Å². The summed E-state index contributed by atoms with van der Waals surface area (Å²) >= 11 is 0. The van der Waals surface area contributed by atoms with Gasteiger partial charge in [-0.3, -0.25) is 0 Å². The number of benzene rings is 1. The van der Waals surface area contributed by atoms with Crippen LogP contribution in [0.4, 0.5) is 4.79 Å². The van der Waals surface area contributed by atoms with Gasteiger partial charge in [-0.1, -0.05) is 29.8 Å². The first-order valence-corrected chi connectivity index (χ1v) is 6.43.